The molecule has 0 unspecified atom stereocenters. The van der Waals surface area contributed by atoms with Gasteiger partial charge in [-0.1, -0.05) is 18.2 Å². The van der Waals surface area contributed by atoms with Crippen molar-refractivity contribution in [2.75, 3.05) is 10.6 Å². The molecule has 0 saturated heterocycles. The molecule has 29 heavy (non-hydrogen) atoms. The van der Waals surface area contributed by atoms with Crippen LogP contribution in [0, 0.1) is 0 Å². The molecule has 1 aromatic heterocycles. The predicted octanol–water partition coefficient (Wildman–Crippen LogP) is 3.53. The number of hydrogen-bond acceptors (Lipinski definition) is 6. The van der Waals surface area contributed by atoms with Crippen molar-refractivity contribution in [3.8, 4) is 11.5 Å². The molecule has 0 spiro atoms. The van der Waals surface area contributed by atoms with Gasteiger partial charge in [-0.05, 0) is 48.6 Å². The van der Waals surface area contributed by atoms with Gasteiger partial charge in [-0.15, -0.1) is 11.3 Å². The molecule has 0 radical (unpaired) electrons. The molecule has 8 nitrogen and oxygen atoms in total. The van der Waals surface area contributed by atoms with Crippen molar-refractivity contribution in [2.45, 2.75) is 6.92 Å². The lowest BCUT2D eigenvalue weighted by atomic mass is 10.3. The van der Waals surface area contributed by atoms with E-state index >= 15 is 0 Å². The quantitative estimate of drug-likeness (QED) is 0.365. The summed E-state index contributed by atoms with van der Waals surface area (Å²) < 4.78 is 5.73. The van der Waals surface area contributed by atoms with E-state index in [9.17, 15) is 9.59 Å². The highest BCUT2D eigenvalue weighted by Gasteiger charge is 2.11. The molecular weight excluding hydrogens is 410 g/mol. The zero-order valence-electron chi connectivity index (χ0n) is 15.3. The van der Waals surface area contributed by atoms with Crippen LogP contribution in [-0.2, 0) is 4.79 Å². The Morgan fingerprint density at radius 3 is 2.34 bits per heavy atom. The maximum Gasteiger partial charge on any atom is 0.289 e. The molecule has 0 saturated carbocycles. The smallest absolute Gasteiger partial charge is 0.289 e. The number of nitrogens with zero attached hydrogens (tertiary/aromatic N) is 1. The van der Waals surface area contributed by atoms with E-state index in [0.717, 1.165) is 22.8 Å². The van der Waals surface area contributed by atoms with Crippen LogP contribution < -0.4 is 26.2 Å². The molecule has 10 heteroatoms. The minimum absolute atomic E-state index is 0.163. The number of para-hydroxylation sites is 1. The summed E-state index contributed by atoms with van der Waals surface area (Å²) in [5, 5.41) is 7.54. The number of amides is 2. The molecule has 0 bridgehead atoms. The van der Waals surface area contributed by atoms with Crippen molar-refractivity contribution in [1.82, 2.24) is 15.8 Å². The third-order valence-corrected chi connectivity index (χ3v) is 4.36. The van der Waals surface area contributed by atoms with Crippen LogP contribution in [0.1, 0.15) is 17.4 Å². The lowest BCUT2D eigenvalue weighted by Gasteiger charge is -2.11. The number of rotatable bonds is 5. The van der Waals surface area contributed by atoms with Crippen molar-refractivity contribution in [3.63, 3.8) is 0 Å². The van der Waals surface area contributed by atoms with Gasteiger partial charge in [0.05, 0.1) is 0 Å². The van der Waals surface area contributed by atoms with Gasteiger partial charge in [0, 0.05) is 18.0 Å². The van der Waals surface area contributed by atoms with Crippen LogP contribution >= 0.6 is 23.6 Å². The first kappa shape index (κ1) is 20.2. The zero-order valence-corrected chi connectivity index (χ0v) is 16.9. The van der Waals surface area contributed by atoms with E-state index in [0.29, 0.717) is 10.9 Å². The second-order valence-electron chi connectivity index (χ2n) is 5.69. The van der Waals surface area contributed by atoms with E-state index in [1.165, 1.54) is 12.3 Å². The van der Waals surface area contributed by atoms with Gasteiger partial charge >= 0.3 is 0 Å². The summed E-state index contributed by atoms with van der Waals surface area (Å²) in [6.45, 7) is 1.37. The topological polar surface area (TPSA) is 104 Å². The molecule has 0 fully saturated rings. The average Bonchev–Trinajstić information content (AvgIpc) is 3.16. The third kappa shape index (κ3) is 6.26. The number of carbonyl (C=O) groups excluding carboxylic acids is 2. The first-order chi connectivity index (χ1) is 14.0. The Kier molecular flexibility index (Phi) is 6.72. The van der Waals surface area contributed by atoms with Gasteiger partial charge in [-0.2, -0.15) is 0 Å². The molecule has 0 aliphatic heterocycles. The van der Waals surface area contributed by atoms with Gasteiger partial charge < -0.3 is 15.4 Å². The van der Waals surface area contributed by atoms with E-state index < -0.39 is 5.91 Å². The maximum absolute atomic E-state index is 12.1. The van der Waals surface area contributed by atoms with Gasteiger partial charge in [0.1, 0.15) is 17.2 Å². The summed E-state index contributed by atoms with van der Waals surface area (Å²) in [6.07, 6.45) is 0. The number of ether oxygens (including phenoxy) is 1. The zero-order chi connectivity index (χ0) is 20.6. The van der Waals surface area contributed by atoms with Gasteiger partial charge in [0.25, 0.3) is 5.91 Å². The number of thiocarbonyl (C=S) groups is 1. The number of hydrogen-bond donors (Lipinski definition) is 4. The number of benzene rings is 2. The molecule has 3 aromatic rings. The Morgan fingerprint density at radius 1 is 0.966 bits per heavy atom. The number of nitrogens with one attached hydrogen (secondary N) is 4. The molecule has 148 valence electrons. The fraction of sp³-hybridized carbons (Fsp3) is 0.0526. The predicted molar refractivity (Wildman–Crippen MR) is 116 cm³/mol. The van der Waals surface area contributed by atoms with Crippen LogP contribution in [0.15, 0.2) is 60.0 Å². The average molecular weight is 428 g/mol. The van der Waals surface area contributed by atoms with Gasteiger partial charge in [0.2, 0.25) is 5.91 Å². The van der Waals surface area contributed by atoms with Gasteiger partial charge in [0.15, 0.2) is 10.2 Å². The van der Waals surface area contributed by atoms with E-state index in [1.54, 1.807) is 24.3 Å². The summed E-state index contributed by atoms with van der Waals surface area (Å²) in [6, 6.07) is 16.7. The summed E-state index contributed by atoms with van der Waals surface area (Å²) in [4.78, 5) is 27.1. The summed E-state index contributed by atoms with van der Waals surface area (Å²) in [5.74, 6) is 0.702. The summed E-state index contributed by atoms with van der Waals surface area (Å²) >= 11 is 6.31. The van der Waals surface area contributed by atoms with Crippen LogP contribution in [0.5, 0.6) is 11.5 Å². The normalized spacial score (nSPS) is 9.97. The van der Waals surface area contributed by atoms with E-state index in [4.69, 9.17) is 17.0 Å². The van der Waals surface area contributed by atoms with Gasteiger partial charge in [-0.3, -0.25) is 20.4 Å². The van der Waals surface area contributed by atoms with Crippen LogP contribution in [0.3, 0.4) is 0 Å². The minimum atomic E-state index is -0.478. The first-order valence-corrected chi connectivity index (χ1v) is 9.72. The number of hydrazine groups is 1. The monoisotopic (exact) mass is 427 g/mol. The second kappa shape index (κ2) is 9.62. The lowest BCUT2D eigenvalue weighted by Crippen LogP contribution is -2.43. The van der Waals surface area contributed by atoms with Crippen molar-refractivity contribution >= 4 is 51.3 Å². The molecule has 0 aliphatic carbocycles. The molecule has 3 rings (SSSR count). The third-order valence-electron chi connectivity index (χ3n) is 3.40. The Hall–Kier alpha value is -3.50. The number of carbonyl (C=O) groups is 2. The van der Waals surface area contributed by atoms with Crippen LogP contribution in [-0.4, -0.2) is 21.9 Å². The molecule has 2 amide bonds. The minimum Gasteiger partial charge on any atom is -0.457 e. The first-order valence-electron chi connectivity index (χ1n) is 8.43. The fourth-order valence-electron chi connectivity index (χ4n) is 2.16. The molecule has 0 aliphatic rings. The molecular formula is C19H17N5O3S2. The van der Waals surface area contributed by atoms with E-state index in [-0.39, 0.29) is 16.7 Å². The van der Waals surface area contributed by atoms with Crippen molar-refractivity contribution < 1.29 is 14.3 Å². The highest BCUT2D eigenvalue weighted by Crippen LogP contribution is 2.22. The largest absolute Gasteiger partial charge is 0.457 e. The highest BCUT2D eigenvalue weighted by atomic mass is 32.1. The van der Waals surface area contributed by atoms with E-state index in [2.05, 4.69) is 26.5 Å². The Balaban J connectivity index is 1.47. The SMILES string of the molecule is CC(=O)Nc1nc(C(=O)NNC(=S)Nc2ccc(Oc3ccccc3)cc2)cs1. The Bertz CT molecular complexity index is 1010. The van der Waals surface area contributed by atoms with Crippen LogP contribution in [0.2, 0.25) is 0 Å². The van der Waals surface area contributed by atoms with E-state index in [1.807, 2.05) is 30.3 Å². The standard InChI is InChI=1S/C19H17N5O3S2/c1-12(25)20-19-22-16(11-29-19)17(26)23-24-18(28)21-13-7-9-15(10-8-13)27-14-5-3-2-4-6-14/h2-11H,1H3,(H,23,26)(H,20,22,25)(H2,21,24,28). The highest BCUT2D eigenvalue weighted by molar-refractivity contribution is 7.80. The molecule has 4 N–H and O–H groups in total. The lowest BCUT2D eigenvalue weighted by molar-refractivity contribution is -0.114. The maximum atomic E-state index is 12.1. The van der Waals surface area contributed by atoms with Crippen LogP contribution in [0.25, 0.3) is 0 Å². The second-order valence-corrected chi connectivity index (χ2v) is 6.96. The van der Waals surface area contributed by atoms with Crippen molar-refractivity contribution in [1.29, 1.82) is 0 Å². The van der Waals surface area contributed by atoms with Crippen LogP contribution in [0.4, 0.5) is 10.8 Å². The van der Waals surface area contributed by atoms with Crippen molar-refractivity contribution in [3.05, 3.63) is 65.7 Å². The summed E-state index contributed by atoms with van der Waals surface area (Å²) in [5.41, 5.74) is 5.93. The molecule has 2 aromatic carbocycles. The fourth-order valence-corrected chi connectivity index (χ4v) is 3.06. The number of thiazole rings is 1. The Labute approximate surface area is 176 Å². The van der Waals surface area contributed by atoms with Gasteiger partial charge in [-0.25, -0.2) is 4.98 Å². The molecule has 1 heterocycles. The summed E-state index contributed by atoms with van der Waals surface area (Å²) in [7, 11) is 0. The number of aromatic nitrogens is 1. The Morgan fingerprint density at radius 2 is 1.66 bits per heavy atom. The van der Waals surface area contributed by atoms with Crippen molar-refractivity contribution in [2.24, 2.45) is 0 Å². The number of anilines is 2. The molecule has 0 atom stereocenters.